The standard InChI is InChI=1S/C20H24N4O/c1-4-5-10-24-17-12-16-15(11-14(17)20(2,3)19(24)25)22-18(23-16)13-6-8-21-9-7-13/h6-9,11-12,18,22-23H,4-5,10H2,1-3H3. The highest BCUT2D eigenvalue weighted by Gasteiger charge is 2.44. The number of unbranched alkanes of at least 4 members (excludes halogenated alkanes) is 1. The Balaban J connectivity index is 1.70. The molecule has 0 saturated heterocycles. The van der Waals surface area contributed by atoms with Crippen LogP contribution in [0, 0.1) is 0 Å². The lowest BCUT2D eigenvalue weighted by atomic mass is 9.86. The van der Waals surface area contributed by atoms with Crippen LogP contribution in [0.4, 0.5) is 17.1 Å². The molecule has 2 aliphatic rings. The quantitative estimate of drug-likeness (QED) is 0.884. The second-order valence-electron chi connectivity index (χ2n) is 7.35. The number of nitrogens with one attached hydrogen (secondary N) is 2. The van der Waals surface area contributed by atoms with Gasteiger partial charge in [-0.25, -0.2) is 0 Å². The third kappa shape index (κ3) is 2.46. The normalized spacial score (nSPS) is 20.0. The molecule has 0 saturated carbocycles. The summed E-state index contributed by atoms with van der Waals surface area (Å²) in [5.41, 5.74) is 4.92. The van der Waals surface area contributed by atoms with E-state index in [1.807, 2.05) is 30.9 Å². The summed E-state index contributed by atoms with van der Waals surface area (Å²) in [6, 6.07) is 8.28. The minimum atomic E-state index is -0.478. The fourth-order valence-corrected chi connectivity index (χ4v) is 3.72. The maximum Gasteiger partial charge on any atom is 0.237 e. The molecule has 2 aromatic rings. The van der Waals surface area contributed by atoms with Gasteiger partial charge in [0, 0.05) is 18.9 Å². The average molecular weight is 336 g/mol. The van der Waals surface area contributed by atoms with E-state index >= 15 is 0 Å². The molecule has 1 aromatic carbocycles. The van der Waals surface area contributed by atoms with E-state index < -0.39 is 5.41 Å². The zero-order valence-corrected chi connectivity index (χ0v) is 15.0. The Morgan fingerprint density at radius 1 is 1.16 bits per heavy atom. The lowest BCUT2D eigenvalue weighted by molar-refractivity contribution is -0.122. The first kappa shape index (κ1) is 15.9. The number of fused-ring (bicyclic) bond motifs is 2. The van der Waals surface area contributed by atoms with Crippen LogP contribution in [-0.4, -0.2) is 17.4 Å². The zero-order chi connectivity index (χ0) is 17.6. The number of hydrogen-bond donors (Lipinski definition) is 2. The molecule has 2 N–H and O–H groups in total. The molecule has 0 fully saturated rings. The van der Waals surface area contributed by atoms with E-state index in [0.29, 0.717) is 0 Å². The van der Waals surface area contributed by atoms with Gasteiger partial charge in [0.2, 0.25) is 5.91 Å². The molecular weight excluding hydrogens is 312 g/mol. The molecule has 5 nitrogen and oxygen atoms in total. The van der Waals surface area contributed by atoms with Gasteiger partial charge in [0.1, 0.15) is 6.17 Å². The van der Waals surface area contributed by atoms with E-state index in [1.54, 1.807) is 12.4 Å². The first-order chi connectivity index (χ1) is 12.0. The van der Waals surface area contributed by atoms with E-state index in [9.17, 15) is 4.79 Å². The number of aromatic nitrogens is 1. The number of anilines is 3. The summed E-state index contributed by atoms with van der Waals surface area (Å²) in [6.07, 6.45) is 5.73. The Kier molecular flexibility index (Phi) is 3.67. The highest BCUT2D eigenvalue weighted by atomic mass is 16.2. The molecule has 0 spiro atoms. The third-order valence-corrected chi connectivity index (χ3v) is 5.25. The maximum absolute atomic E-state index is 12.9. The fraction of sp³-hybridized carbons (Fsp3) is 0.400. The van der Waals surface area contributed by atoms with Crippen LogP contribution in [-0.2, 0) is 10.2 Å². The van der Waals surface area contributed by atoms with Crippen molar-refractivity contribution in [3.8, 4) is 0 Å². The Labute approximate surface area is 148 Å². The third-order valence-electron chi connectivity index (χ3n) is 5.25. The highest BCUT2D eigenvalue weighted by molar-refractivity contribution is 6.09. The van der Waals surface area contributed by atoms with Crippen LogP contribution in [0.3, 0.4) is 0 Å². The molecule has 130 valence electrons. The molecule has 0 radical (unpaired) electrons. The van der Waals surface area contributed by atoms with Crippen molar-refractivity contribution in [2.45, 2.75) is 45.2 Å². The minimum absolute atomic E-state index is 0.0310. The zero-order valence-electron chi connectivity index (χ0n) is 15.0. The number of benzene rings is 1. The molecule has 2 aliphatic heterocycles. The summed E-state index contributed by atoms with van der Waals surface area (Å²) in [7, 11) is 0. The number of carbonyl (C=O) groups excluding carboxylic acids is 1. The molecule has 3 heterocycles. The molecule has 0 aliphatic carbocycles. The molecular formula is C20H24N4O. The molecule has 25 heavy (non-hydrogen) atoms. The van der Waals surface area contributed by atoms with Crippen molar-refractivity contribution in [3.05, 3.63) is 47.8 Å². The van der Waals surface area contributed by atoms with Crippen molar-refractivity contribution < 1.29 is 4.79 Å². The van der Waals surface area contributed by atoms with Crippen LogP contribution in [0.15, 0.2) is 36.7 Å². The highest BCUT2D eigenvalue weighted by Crippen LogP contribution is 2.48. The summed E-state index contributed by atoms with van der Waals surface area (Å²) < 4.78 is 0. The van der Waals surface area contributed by atoms with E-state index in [-0.39, 0.29) is 12.1 Å². The number of amides is 1. The predicted octanol–water partition coefficient (Wildman–Crippen LogP) is 4.04. The Morgan fingerprint density at radius 3 is 2.52 bits per heavy atom. The lowest BCUT2D eigenvalue weighted by Gasteiger charge is -2.20. The van der Waals surface area contributed by atoms with Gasteiger partial charge in [-0.15, -0.1) is 0 Å². The van der Waals surface area contributed by atoms with E-state index in [2.05, 4.69) is 34.7 Å². The van der Waals surface area contributed by atoms with Crippen molar-refractivity contribution >= 4 is 23.0 Å². The second-order valence-corrected chi connectivity index (χ2v) is 7.35. The topological polar surface area (TPSA) is 57.3 Å². The van der Waals surface area contributed by atoms with Crippen molar-refractivity contribution in [2.24, 2.45) is 0 Å². The predicted molar refractivity (Wildman–Crippen MR) is 101 cm³/mol. The molecule has 1 amide bonds. The van der Waals surface area contributed by atoms with Crippen LogP contribution in [0.25, 0.3) is 0 Å². The first-order valence-corrected chi connectivity index (χ1v) is 8.96. The summed E-state index contributed by atoms with van der Waals surface area (Å²) >= 11 is 0. The van der Waals surface area contributed by atoms with Gasteiger partial charge in [0.15, 0.2) is 0 Å². The number of rotatable bonds is 4. The van der Waals surface area contributed by atoms with Gasteiger partial charge < -0.3 is 15.5 Å². The van der Waals surface area contributed by atoms with E-state index in [1.165, 1.54) is 0 Å². The van der Waals surface area contributed by atoms with Gasteiger partial charge in [0.05, 0.1) is 22.5 Å². The van der Waals surface area contributed by atoms with Crippen molar-refractivity contribution in [1.29, 1.82) is 0 Å². The largest absolute Gasteiger partial charge is 0.360 e. The SMILES string of the molecule is CCCCN1C(=O)C(C)(C)c2cc3c(cc21)NC(c1ccncc1)N3. The van der Waals surface area contributed by atoms with Gasteiger partial charge in [-0.2, -0.15) is 0 Å². The number of pyridine rings is 1. The van der Waals surface area contributed by atoms with E-state index in [4.69, 9.17) is 0 Å². The average Bonchev–Trinajstić information content (AvgIpc) is 3.11. The van der Waals surface area contributed by atoms with Crippen LogP contribution in [0.1, 0.15) is 50.9 Å². The van der Waals surface area contributed by atoms with Gasteiger partial charge in [-0.05, 0) is 55.7 Å². The molecule has 1 atom stereocenters. The van der Waals surface area contributed by atoms with Gasteiger partial charge in [0.25, 0.3) is 0 Å². The van der Waals surface area contributed by atoms with Crippen LogP contribution < -0.4 is 15.5 Å². The minimum Gasteiger partial charge on any atom is -0.360 e. The first-order valence-electron chi connectivity index (χ1n) is 8.96. The van der Waals surface area contributed by atoms with Crippen molar-refractivity contribution in [1.82, 2.24) is 4.98 Å². The molecule has 1 unspecified atom stereocenters. The lowest BCUT2D eigenvalue weighted by Crippen LogP contribution is -2.36. The molecule has 1 aromatic heterocycles. The molecule has 4 rings (SSSR count). The Hall–Kier alpha value is -2.56. The second kappa shape index (κ2) is 5.76. The number of carbonyl (C=O) groups is 1. The summed E-state index contributed by atoms with van der Waals surface area (Å²) in [6.45, 7) is 6.98. The smallest absolute Gasteiger partial charge is 0.237 e. The van der Waals surface area contributed by atoms with Gasteiger partial charge >= 0.3 is 0 Å². The van der Waals surface area contributed by atoms with Crippen LogP contribution in [0.2, 0.25) is 0 Å². The summed E-state index contributed by atoms with van der Waals surface area (Å²) in [4.78, 5) is 18.9. The summed E-state index contributed by atoms with van der Waals surface area (Å²) in [5.74, 6) is 0.199. The Bertz CT molecular complexity index is 816. The number of hydrogen-bond acceptors (Lipinski definition) is 4. The van der Waals surface area contributed by atoms with Crippen LogP contribution in [0.5, 0.6) is 0 Å². The molecule has 0 bridgehead atoms. The van der Waals surface area contributed by atoms with Gasteiger partial charge in [-0.1, -0.05) is 13.3 Å². The van der Waals surface area contributed by atoms with E-state index in [0.717, 1.165) is 47.6 Å². The van der Waals surface area contributed by atoms with Crippen LogP contribution >= 0.6 is 0 Å². The Morgan fingerprint density at radius 2 is 1.84 bits per heavy atom. The monoisotopic (exact) mass is 336 g/mol. The van der Waals surface area contributed by atoms with Crippen molar-refractivity contribution in [3.63, 3.8) is 0 Å². The molecule has 5 heteroatoms. The van der Waals surface area contributed by atoms with Crippen molar-refractivity contribution in [2.75, 3.05) is 22.1 Å². The fourth-order valence-electron chi connectivity index (χ4n) is 3.72. The van der Waals surface area contributed by atoms with Gasteiger partial charge in [-0.3, -0.25) is 9.78 Å². The summed E-state index contributed by atoms with van der Waals surface area (Å²) in [5, 5.41) is 7.04. The maximum atomic E-state index is 12.9. The number of nitrogens with zero attached hydrogens (tertiary/aromatic N) is 2.